The van der Waals surface area contributed by atoms with Crippen molar-refractivity contribution >= 4 is 10.2 Å². The van der Waals surface area contributed by atoms with Crippen LogP contribution in [0.1, 0.15) is 17.3 Å². The van der Waals surface area contributed by atoms with Gasteiger partial charge in [-0.3, -0.25) is 4.98 Å². The smallest absolute Gasteiger partial charge is 0.259 e. The topological polar surface area (TPSA) is 85.1 Å². The van der Waals surface area contributed by atoms with Crippen molar-refractivity contribution in [1.29, 1.82) is 0 Å². The zero-order chi connectivity index (χ0) is 13.0. The largest absolute Gasteiger partial charge is 0.275 e. The minimum Gasteiger partial charge on any atom is -0.259 e. The molecule has 6 heteroatoms. The molecule has 1 heterocycles. The molecule has 0 radical (unpaired) electrons. The molecular formula is C12H13N3O2S. The molecule has 1 aromatic carbocycles. The van der Waals surface area contributed by atoms with Crippen LogP contribution in [-0.4, -0.2) is 13.4 Å². The molecule has 0 aliphatic heterocycles. The molecule has 1 atom stereocenters. The van der Waals surface area contributed by atoms with Gasteiger partial charge in [-0.05, 0) is 17.7 Å². The van der Waals surface area contributed by atoms with Crippen LogP contribution in [0.15, 0.2) is 54.7 Å². The molecular weight excluding hydrogens is 250 g/mol. The summed E-state index contributed by atoms with van der Waals surface area (Å²) in [6, 6.07) is 13.9. The molecule has 1 aromatic heterocycles. The maximum atomic E-state index is 11.2. The third kappa shape index (κ3) is 3.36. The molecule has 0 spiro atoms. The predicted molar refractivity (Wildman–Crippen MR) is 68.8 cm³/mol. The van der Waals surface area contributed by atoms with Gasteiger partial charge in [0, 0.05) is 6.20 Å². The Balaban J connectivity index is 2.42. The molecule has 0 aliphatic rings. The van der Waals surface area contributed by atoms with E-state index >= 15 is 0 Å². The Labute approximate surface area is 106 Å². The highest BCUT2D eigenvalue weighted by Crippen LogP contribution is 2.20. The Morgan fingerprint density at radius 2 is 1.72 bits per heavy atom. The molecule has 0 bridgehead atoms. The molecule has 0 fully saturated rings. The van der Waals surface area contributed by atoms with Gasteiger partial charge in [0.15, 0.2) is 0 Å². The number of nitrogens with two attached hydrogens (primary N) is 1. The minimum absolute atomic E-state index is 0.581. The van der Waals surface area contributed by atoms with Crippen LogP contribution in [0.4, 0.5) is 0 Å². The Morgan fingerprint density at radius 3 is 2.28 bits per heavy atom. The van der Waals surface area contributed by atoms with Crippen LogP contribution < -0.4 is 9.86 Å². The lowest BCUT2D eigenvalue weighted by molar-refractivity contribution is 0.572. The Bertz CT molecular complexity index is 560. The van der Waals surface area contributed by atoms with Gasteiger partial charge in [-0.2, -0.15) is 13.1 Å². The first-order valence-corrected chi connectivity index (χ1v) is 6.87. The number of rotatable bonds is 4. The van der Waals surface area contributed by atoms with E-state index < -0.39 is 16.3 Å². The lowest BCUT2D eigenvalue weighted by atomic mass is 10.0. The molecule has 3 N–H and O–H groups in total. The van der Waals surface area contributed by atoms with Gasteiger partial charge in [0.25, 0.3) is 10.2 Å². The zero-order valence-electron chi connectivity index (χ0n) is 9.52. The standard InChI is InChI=1S/C12H13N3O2S/c13-18(16,17)15-12(10-6-2-1-3-7-10)11-8-4-5-9-14-11/h1-9,12,15H,(H2,13,16,17)/t12-/m0/s1. The monoisotopic (exact) mass is 263 g/mol. The molecule has 0 amide bonds. The molecule has 5 nitrogen and oxygen atoms in total. The number of nitrogens with one attached hydrogen (secondary N) is 1. The van der Waals surface area contributed by atoms with Crippen LogP contribution >= 0.6 is 0 Å². The number of hydrogen-bond acceptors (Lipinski definition) is 3. The Kier molecular flexibility index (Phi) is 3.71. The second kappa shape index (κ2) is 5.26. The number of nitrogens with zero attached hydrogens (tertiary/aromatic N) is 1. The van der Waals surface area contributed by atoms with Gasteiger partial charge in [-0.25, -0.2) is 5.14 Å². The second-order valence-corrected chi connectivity index (χ2v) is 5.09. The molecule has 2 aromatic rings. The summed E-state index contributed by atoms with van der Waals surface area (Å²) in [4.78, 5) is 4.16. The number of aromatic nitrogens is 1. The van der Waals surface area contributed by atoms with E-state index in [1.807, 2.05) is 30.3 Å². The highest BCUT2D eigenvalue weighted by atomic mass is 32.2. The van der Waals surface area contributed by atoms with E-state index in [2.05, 4.69) is 9.71 Å². The van der Waals surface area contributed by atoms with Crippen LogP contribution in [0.5, 0.6) is 0 Å². The van der Waals surface area contributed by atoms with Gasteiger partial charge >= 0.3 is 0 Å². The van der Waals surface area contributed by atoms with E-state index in [1.165, 1.54) is 0 Å². The Hall–Kier alpha value is -1.76. The van der Waals surface area contributed by atoms with E-state index in [0.717, 1.165) is 5.56 Å². The molecule has 0 unspecified atom stereocenters. The molecule has 0 aliphatic carbocycles. The van der Waals surface area contributed by atoms with E-state index in [9.17, 15) is 8.42 Å². The van der Waals surface area contributed by atoms with Crippen LogP contribution in [0, 0.1) is 0 Å². The van der Waals surface area contributed by atoms with Crippen LogP contribution in [0.3, 0.4) is 0 Å². The number of benzene rings is 1. The third-order valence-electron chi connectivity index (χ3n) is 2.40. The number of pyridine rings is 1. The normalized spacial score (nSPS) is 13.2. The summed E-state index contributed by atoms with van der Waals surface area (Å²) in [5.41, 5.74) is 1.38. The molecule has 94 valence electrons. The average Bonchev–Trinajstić information content (AvgIpc) is 2.37. The summed E-state index contributed by atoms with van der Waals surface area (Å²) in [6.45, 7) is 0. The average molecular weight is 263 g/mol. The van der Waals surface area contributed by atoms with Crippen molar-refractivity contribution < 1.29 is 8.42 Å². The van der Waals surface area contributed by atoms with Gasteiger partial charge in [-0.15, -0.1) is 0 Å². The molecule has 18 heavy (non-hydrogen) atoms. The predicted octanol–water partition coefficient (Wildman–Crippen LogP) is 0.964. The van der Waals surface area contributed by atoms with Crippen molar-refractivity contribution in [3.63, 3.8) is 0 Å². The summed E-state index contributed by atoms with van der Waals surface area (Å²) < 4.78 is 24.8. The summed E-state index contributed by atoms with van der Waals surface area (Å²) in [5, 5.41) is 5.04. The van der Waals surface area contributed by atoms with E-state index in [-0.39, 0.29) is 0 Å². The quantitative estimate of drug-likeness (QED) is 0.861. The van der Waals surface area contributed by atoms with Crippen molar-refractivity contribution in [3.8, 4) is 0 Å². The van der Waals surface area contributed by atoms with Crippen LogP contribution in [0.2, 0.25) is 0 Å². The van der Waals surface area contributed by atoms with Crippen LogP contribution in [0.25, 0.3) is 0 Å². The van der Waals surface area contributed by atoms with Crippen molar-refractivity contribution in [1.82, 2.24) is 9.71 Å². The van der Waals surface area contributed by atoms with Crippen molar-refractivity contribution in [2.75, 3.05) is 0 Å². The summed E-state index contributed by atoms with van der Waals surface area (Å²) >= 11 is 0. The lowest BCUT2D eigenvalue weighted by Gasteiger charge is -2.17. The first-order chi connectivity index (χ1) is 8.56. The molecule has 0 saturated carbocycles. The van der Waals surface area contributed by atoms with Crippen LogP contribution in [-0.2, 0) is 10.2 Å². The highest BCUT2D eigenvalue weighted by molar-refractivity contribution is 7.87. The Morgan fingerprint density at radius 1 is 1.06 bits per heavy atom. The van der Waals surface area contributed by atoms with Gasteiger partial charge in [0.05, 0.1) is 11.7 Å². The molecule has 0 saturated heterocycles. The van der Waals surface area contributed by atoms with Crippen molar-refractivity contribution in [2.45, 2.75) is 6.04 Å². The first kappa shape index (κ1) is 12.7. The third-order valence-corrected chi connectivity index (χ3v) is 2.96. The van der Waals surface area contributed by atoms with E-state index in [4.69, 9.17) is 5.14 Å². The van der Waals surface area contributed by atoms with Gasteiger partial charge in [0.2, 0.25) is 0 Å². The lowest BCUT2D eigenvalue weighted by Crippen LogP contribution is -2.35. The fraction of sp³-hybridized carbons (Fsp3) is 0.0833. The fourth-order valence-electron chi connectivity index (χ4n) is 1.66. The first-order valence-electron chi connectivity index (χ1n) is 5.32. The highest BCUT2D eigenvalue weighted by Gasteiger charge is 2.19. The van der Waals surface area contributed by atoms with Crippen molar-refractivity contribution in [2.24, 2.45) is 5.14 Å². The number of hydrogen-bond donors (Lipinski definition) is 2. The van der Waals surface area contributed by atoms with Gasteiger partial charge in [0.1, 0.15) is 0 Å². The maximum absolute atomic E-state index is 11.2. The minimum atomic E-state index is -3.81. The summed E-state index contributed by atoms with van der Waals surface area (Å²) in [5.74, 6) is 0. The summed E-state index contributed by atoms with van der Waals surface area (Å²) in [7, 11) is -3.81. The maximum Gasteiger partial charge on any atom is 0.275 e. The molecule has 2 rings (SSSR count). The second-order valence-electron chi connectivity index (χ2n) is 3.76. The SMILES string of the molecule is NS(=O)(=O)N[C@@H](c1ccccc1)c1ccccn1. The van der Waals surface area contributed by atoms with Gasteiger partial charge in [-0.1, -0.05) is 36.4 Å². The van der Waals surface area contributed by atoms with Crippen molar-refractivity contribution in [3.05, 3.63) is 66.0 Å². The zero-order valence-corrected chi connectivity index (χ0v) is 10.3. The summed E-state index contributed by atoms with van der Waals surface area (Å²) in [6.07, 6.45) is 1.61. The fourth-order valence-corrected chi connectivity index (χ4v) is 2.24. The van der Waals surface area contributed by atoms with E-state index in [1.54, 1.807) is 24.4 Å². The van der Waals surface area contributed by atoms with E-state index in [0.29, 0.717) is 5.69 Å². The van der Waals surface area contributed by atoms with Gasteiger partial charge < -0.3 is 0 Å².